The van der Waals surface area contributed by atoms with Crippen LogP contribution in [-0.4, -0.2) is 66.8 Å². The van der Waals surface area contributed by atoms with Crippen LogP contribution in [0.15, 0.2) is 40.6 Å². The van der Waals surface area contributed by atoms with E-state index >= 15 is 0 Å². The van der Waals surface area contributed by atoms with Crippen molar-refractivity contribution in [3.8, 4) is 0 Å². The van der Waals surface area contributed by atoms with Crippen LogP contribution in [-0.2, 0) is 29.6 Å². The number of benzene rings is 1. The maximum absolute atomic E-state index is 12.2. The Balaban J connectivity index is 1.93. The molecule has 11 nitrogen and oxygen atoms in total. The van der Waals surface area contributed by atoms with Crippen LogP contribution in [0.4, 0.5) is 0 Å². The summed E-state index contributed by atoms with van der Waals surface area (Å²) in [6.45, 7) is 1.01. The lowest BCUT2D eigenvalue weighted by atomic mass is 10.0. The lowest BCUT2D eigenvalue weighted by Gasteiger charge is -2.42. The summed E-state index contributed by atoms with van der Waals surface area (Å²) in [5.41, 5.74) is 0.569. The highest BCUT2D eigenvalue weighted by Crippen LogP contribution is 2.22. The van der Waals surface area contributed by atoms with Crippen molar-refractivity contribution in [2.45, 2.75) is 19.0 Å². The molecule has 1 aromatic carbocycles. The molecular formula is C15H18N4O7S. The molecule has 0 bridgehead atoms. The van der Waals surface area contributed by atoms with Crippen molar-refractivity contribution >= 4 is 34.0 Å². The Morgan fingerprint density at radius 1 is 1.37 bits per heavy atom. The first-order chi connectivity index (χ1) is 12.8. The molecule has 0 spiro atoms. The summed E-state index contributed by atoms with van der Waals surface area (Å²) >= 11 is 0. The highest BCUT2D eigenvalue weighted by molar-refractivity contribution is 7.84. The minimum absolute atomic E-state index is 0.215. The molecule has 0 saturated carbocycles. The average Bonchev–Trinajstić information content (AvgIpc) is 2.62. The Morgan fingerprint density at radius 3 is 2.59 bits per heavy atom. The lowest BCUT2D eigenvalue weighted by Crippen LogP contribution is -2.71. The van der Waals surface area contributed by atoms with Crippen LogP contribution in [0.2, 0.25) is 0 Å². The van der Waals surface area contributed by atoms with Gasteiger partial charge in [-0.15, -0.1) is 0 Å². The fourth-order valence-electron chi connectivity index (χ4n) is 2.31. The summed E-state index contributed by atoms with van der Waals surface area (Å²) < 4.78 is 31.3. The second kappa shape index (κ2) is 8.60. The maximum Gasteiger partial charge on any atom is 0.362 e. The van der Waals surface area contributed by atoms with E-state index in [1.807, 2.05) is 18.2 Å². The number of nitrogens with one attached hydrogen (secondary N) is 1. The molecule has 0 unspecified atom stereocenters. The van der Waals surface area contributed by atoms with Crippen molar-refractivity contribution in [1.82, 2.24) is 9.62 Å². The molecule has 1 aromatic rings. The number of rotatable bonds is 8. The monoisotopic (exact) mass is 398 g/mol. The first-order valence-corrected chi connectivity index (χ1v) is 9.07. The number of nitrogens with zero attached hydrogens (tertiary/aromatic N) is 3. The molecule has 2 rings (SSSR count). The summed E-state index contributed by atoms with van der Waals surface area (Å²) in [4.78, 5) is 33.6. The second-order valence-electron chi connectivity index (χ2n) is 5.44. The lowest BCUT2D eigenvalue weighted by molar-refractivity contribution is -0.144. The van der Waals surface area contributed by atoms with Crippen molar-refractivity contribution in [2.75, 3.05) is 13.7 Å². The van der Waals surface area contributed by atoms with Crippen molar-refractivity contribution in [3.63, 3.8) is 0 Å². The van der Waals surface area contributed by atoms with Gasteiger partial charge in [-0.1, -0.05) is 40.6 Å². The summed E-state index contributed by atoms with van der Waals surface area (Å²) in [7, 11) is -3.45. The number of hydrogen-bond donors (Lipinski definition) is 2. The Hall–Kier alpha value is -2.99. The molecule has 1 saturated heterocycles. The van der Waals surface area contributed by atoms with Gasteiger partial charge in [0.25, 0.3) is 11.8 Å². The molecule has 1 fully saturated rings. The molecule has 27 heavy (non-hydrogen) atoms. The second-order valence-corrected chi connectivity index (χ2v) is 6.73. The Morgan fingerprint density at radius 2 is 2.04 bits per heavy atom. The van der Waals surface area contributed by atoms with Crippen LogP contribution in [0.1, 0.15) is 12.5 Å². The molecule has 0 radical (unpaired) electrons. The first-order valence-electron chi connectivity index (χ1n) is 7.67. The van der Waals surface area contributed by atoms with Gasteiger partial charge in [-0.25, -0.2) is 4.31 Å². The molecule has 1 heterocycles. The molecule has 1 aliphatic heterocycles. The molecule has 0 aromatic heterocycles. The van der Waals surface area contributed by atoms with Gasteiger partial charge in [0, 0.05) is 0 Å². The van der Waals surface area contributed by atoms with Gasteiger partial charge in [-0.05, 0) is 12.5 Å². The molecule has 12 heteroatoms. The standard InChI is InChI=1S/C15H18N4O7S/c1-10-13(15(21)19(10)27(22,23)24)17-14(20)12(18-25-2)9-26-16-8-11-6-4-3-5-7-11/h3-8,10,13H,9H2,1-2H3,(H,17,20)(H,22,23,24)/b16-8-,18-12-/t10-,13-/m0/s1. The van der Waals surface area contributed by atoms with E-state index in [1.54, 1.807) is 12.1 Å². The maximum atomic E-state index is 12.2. The van der Waals surface area contributed by atoms with Gasteiger partial charge in [0.1, 0.15) is 13.2 Å². The Bertz CT molecular complexity index is 854. The van der Waals surface area contributed by atoms with Crippen molar-refractivity contribution in [2.24, 2.45) is 10.3 Å². The zero-order chi connectivity index (χ0) is 20.0. The summed E-state index contributed by atoms with van der Waals surface area (Å²) in [5, 5.41) is 9.53. The normalized spacial score (nSPS) is 20.3. The van der Waals surface area contributed by atoms with Crippen LogP contribution in [0.3, 0.4) is 0 Å². The fourth-order valence-corrected chi connectivity index (χ4v) is 3.19. The van der Waals surface area contributed by atoms with Crippen LogP contribution in [0.5, 0.6) is 0 Å². The van der Waals surface area contributed by atoms with E-state index < -0.39 is 34.2 Å². The van der Waals surface area contributed by atoms with Crippen molar-refractivity contribution < 1.29 is 32.2 Å². The van der Waals surface area contributed by atoms with Crippen LogP contribution in [0, 0.1) is 0 Å². The topological polar surface area (TPSA) is 147 Å². The van der Waals surface area contributed by atoms with Gasteiger partial charge in [-0.3, -0.25) is 14.1 Å². The van der Waals surface area contributed by atoms with E-state index in [4.69, 9.17) is 9.39 Å². The number of β-lactam (4-membered cyclic amide) rings is 1. The number of amides is 2. The van der Waals surface area contributed by atoms with Crippen molar-refractivity contribution in [1.29, 1.82) is 0 Å². The summed E-state index contributed by atoms with van der Waals surface area (Å²) in [6, 6.07) is 7.00. The number of hydrogen-bond acceptors (Lipinski definition) is 8. The van der Waals surface area contributed by atoms with E-state index in [0.717, 1.165) is 5.56 Å². The number of oxime groups is 2. The van der Waals surface area contributed by atoms with Crippen LogP contribution in [0.25, 0.3) is 0 Å². The third-order valence-electron chi connectivity index (χ3n) is 3.61. The van der Waals surface area contributed by atoms with Gasteiger partial charge < -0.3 is 15.0 Å². The van der Waals surface area contributed by atoms with E-state index in [2.05, 4.69) is 20.5 Å². The highest BCUT2D eigenvalue weighted by atomic mass is 32.2. The zero-order valence-electron chi connectivity index (χ0n) is 14.5. The van der Waals surface area contributed by atoms with Gasteiger partial charge in [-0.2, -0.15) is 8.42 Å². The summed E-state index contributed by atoms with van der Waals surface area (Å²) in [5.74, 6) is -1.76. The predicted molar refractivity (Wildman–Crippen MR) is 94.2 cm³/mol. The molecule has 146 valence electrons. The fraction of sp³-hybridized carbons (Fsp3) is 0.333. The molecule has 2 N–H and O–H groups in total. The summed E-state index contributed by atoms with van der Waals surface area (Å²) in [6.07, 6.45) is 1.43. The molecule has 2 atom stereocenters. The predicted octanol–water partition coefficient (Wildman–Crippen LogP) is -0.442. The number of carbonyl (C=O) groups is 2. The van der Waals surface area contributed by atoms with Crippen LogP contribution >= 0.6 is 0 Å². The Kier molecular flexibility index (Phi) is 6.47. The molecule has 2 amide bonds. The minimum Gasteiger partial charge on any atom is -0.399 e. The van der Waals surface area contributed by atoms with Gasteiger partial charge in [0.05, 0.1) is 12.3 Å². The largest absolute Gasteiger partial charge is 0.399 e. The molecule has 1 aliphatic rings. The highest BCUT2D eigenvalue weighted by Gasteiger charge is 2.51. The van der Waals surface area contributed by atoms with Gasteiger partial charge >= 0.3 is 10.3 Å². The third-order valence-corrected chi connectivity index (χ3v) is 4.62. The SMILES string of the molecule is CO/N=C(/CO/N=C\c1ccccc1)C(=O)N[C@@H]1C(=O)N(S(=O)(=O)O)[C@H]1C. The minimum atomic E-state index is -4.67. The average molecular weight is 398 g/mol. The Labute approximate surface area is 155 Å². The third kappa shape index (κ3) is 5.01. The van der Waals surface area contributed by atoms with E-state index in [1.165, 1.54) is 20.2 Å². The zero-order valence-corrected chi connectivity index (χ0v) is 15.3. The molecular weight excluding hydrogens is 380 g/mol. The van der Waals surface area contributed by atoms with Gasteiger partial charge in [0.2, 0.25) is 0 Å². The van der Waals surface area contributed by atoms with Gasteiger partial charge in [0.15, 0.2) is 12.3 Å². The number of carbonyl (C=O) groups excluding carboxylic acids is 2. The smallest absolute Gasteiger partial charge is 0.362 e. The van der Waals surface area contributed by atoms with Crippen LogP contribution < -0.4 is 5.32 Å². The van der Waals surface area contributed by atoms with E-state index in [0.29, 0.717) is 0 Å². The van der Waals surface area contributed by atoms with E-state index in [-0.39, 0.29) is 16.6 Å². The quantitative estimate of drug-likeness (QED) is 0.261. The molecule has 0 aliphatic carbocycles. The van der Waals surface area contributed by atoms with Crippen molar-refractivity contribution in [3.05, 3.63) is 35.9 Å². The van der Waals surface area contributed by atoms with E-state index in [9.17, 15) is 18.0 Å². The first kappa shape index (κ1) is 20.3.